The number of fused-ring (bicyclic) bond motifs is 3. The number of amides is 1. The van der Waals surface area contributed by atoms with Crippen LogP contribution in [0.25, 0.3) is 10.9 Å². The molecule has 0 spiro atoms. The second-order valence-electron chi connectivity index (χ2n) is 4.85. The first-order valence-corrected chi connectivity index (χ1v) is 6.17. The van der Waals surface area contributed by atoms with E-state index in [1.54, 1.807) is 6.07 Å². The Labute approximate surface area is 109 Å². The highest BCUT2D eigenvalue weighted by Crippen LogP contribution is 2.35. The number of hydrogen-bond donors (Lipinski definition) is 2. The van der Waals surface area contributed by atoms with E-state index in [-0.39, 0.29) is 12.4 Å². The Morgan fingerprint density at radius 2 is 2.21 bits per heavy atom. The van der Waals surface area contributed by atoms with Gasteiger partial charge in [-0.3, -0.25) is 4.57 Å². The first-order valence-electron chi connectivity index (χ1n) is 6.17. The average Bonchev–Trinajstić information content (AvgIpc) is 2.71. The normalized spacial score (nSPS) is 15.7. The van der Waals surface area contributed by atoms with Crippen LogP contribution in [-0.2, 0) is 12.8 Å². The molecular weight excluding hydrogens is 247 g/mol. The zero-order valence-electron chi connectivity index (χ0n) is 10.3. The van der Waals surface area contributed by atoms with Crippen LogP contribution < -0.4 is 5.73 Å². The van der Waals surface area contributed by atoms with Crippen molar-refractivity contribution in [1.82, 2.24) is 4.57 Å². The first kappa shape index (κ1) is 12.2. The Morgan fingerprint density at radius 1 is 1.42 bits per heavy atom. The van der Waals surface area contributed by atoms with Crippen molar-refractivity contribution in [1.29, 1.82) is 0 Å². The summed E-state index contributed by atoms with van der Waals surface area (Å²) in [6.07, 6.45) is 1.95. The van der Waals surface area contributed by atoms with E-state index < -0.39 is 6.03 Å². The minimum atomic E-state index is -0.551. The Hall–Kier alpha value is -1.88. The molecular formula is C14H14FN2O2. The Balaban J connectivity index is 2.29. The van der Waals surface area contributed by atoms with Crippen LogP contribution in [0, 0.1) is 11.7 Å². The van der Waals surface area contributed by atoms with Gasteiger partial charge in [-0.2, -0.15) is 0 Å². The molecule has 0 atom stereocenters. The van der Waals surface area contributed by atoms with Gasteiger partial charge in [0.1, 0.15) is 5.82 Å². The van der Waals surface area contributed by atoms with Gasteiger partial charge in [0.25, 0.3) is 0 Å². The van der Waals surface area contributed by atoms with Gasteiger partial charge >= 0.3 is 6.03 Å². The highest BCUT2D eigenvalue weighted by Gasteiger charge is 2.27. The molecule has 1 aromatic heterocycles. The zero-order valence-corrected chi connectivity index (χ0v) is 10.3. The summed E-state index contributed by atoms with van der Waals surface area (Å²) in [6.45, 7) is 0.0258. The average molecular weight is 261 g/mol. The molecule has 2 aromatic rings. The van der Waals surface area contributed by atoms with E-state index in [0.717, 1.165) is 23.6 Å². The summed E-state index contributed by atoms with van der Waals surface area (Å²) in [6, 6.07) is 3.77. The molecule has 3 rings (SSSR count). The van der Waals surface area contributed by atoms with Crippen molar-refractivity contribution in [2.45, 2.75) is 19.3 Å². The van der Waals surface area contributed by atoms with Crippen molar-refractivity contribution in [3.8, 4) is 0 Å². The first-order chi connectivity index (χ1) is 9.11. The molecule has 0 aliphatic heterocycles. The third-order valence-corrected chi connectivity index (χ3v) is 3.73. The molecule has 0 bridgehead atoms. The fourth-order valence-electron chi connectivity index (χ4n) is 2.86. The van der Waals surface area contributed by atoms with Crippen LogP contribution >= 0.6 is 0 Å². The lowest BCUT2D eigenvalue weighted by Gasteiger charge is -2.20. The summed E-state index contributed by atoms with van der Waals surface area (Å²) >= 11 is 0. The number of carbonyl (C=O) groups excluding carboxylic acids is 1. The van der Waals surface area contributed by atoms with E-state index in [1.807, 2.05) is 0 Å². The third-order valence-electron chi connectivity index (χ3n) is 3.73. The Bertz CT molecular complexity index is 663. The van der Waals surface area contributed by atoms with E-state index in [1.165, 1.54) is 16.7 Å². The van der Waals surface area contributed by atoms with Crippen molar-refractivity contribution in [2.24, 2.45) is 5.73 Å². The van der Waals surface area contributed by atoms with E-state index in [0.29, 0.717) is 23.7 Å². The molecule has 0 unspecified atom stereocenters. The van der Waals surface area contributed by atoms with Gasteiger partial charge in [-0.15, -0.1) is 0 Å². The van der Waals surface area contributed by atoms with Gasteiger partial charge in [0.15, 0.2) is 0 Å². The van der Waals surface area contributed by atoms with E-state index in [4.69, 9.17) is 5.73 Å². The lowest BCUT2D eigenvalue weighted by atomic mass is 9.87. The number of rotatable bonds is 1. The van der Waals surface area contributed by atoms with Gasteiger partial charge < -0.3 is 10.8 Å². The fraction of sp³-hybridized carbons (Fsp3) is 0.286. The molecule has 1 aliphatic rings. The van der Waals surface area contributed by atoms with E-state index in [2.05, 4.69) is 0 Å². The number of nitrogens with two attached hydrogens (primary N) is 1. The van der Waals surface area contributed by atoms with Gasteiger partial charge in [-0.05, 0) is 43.0 Å². The number of halogens is 1. The van der Waals surface area contributed by atoms with E-state index >= 15 is 0 Å². The van der Waals surface area contributed by atoms with Gasteiger partial charge in [0.2, 0.25) is 0 Å². The molecule has 19 heavy (non-hydrogen) atoms. The van der Waals surface area contributed by atoms with Crippen molar-refractivity contribution < 1.29 is 14.3 Å². The van der Waals surface area contributed by atoms with Crippen molar-refractivity contribution in [2.75, 3.05) is 6.61 Å². The molecule has 1 amide bonds. The maximum atomic E-state index is 13.4. The molecule has 99 valence electrons. The molecule has 0 saturated heterocycles. The maximum absolute atomic E-state index is 13.4. The summed E-state index contributed by atoms with van der Waals surface area (Å²) in [7, 11) is 0. The summed E-state index contributed by atoms with van der Waals surface area (Å²) in [5, 5.41) is 9.96. The highest BCUT2D eigenvalue weighted by atomic mass is 19.1. The van der Waals surface area contributed by atoms with Gasteiger partial charge in [0.05, 0.1) is 5.52 Å². The predicted molar refractivity (Wildman–Crippen MR) is 69.2 cm³/mol. The second kappa shape index (κ2) is 4.35. The molecule has 0 fully saturated rings. The SMILES string of the molecule is NC(=O)n1c2c(c3cc(F)ccc31)C[C](CO)CC2. The monoisotopic (exact) mass is 261 g/mol. The molecule has 1 aliphatic carbocycles. The Morgan fingerprint density at radius 3 is 2.89 bits per heavy atom. The second-order valence-corrected chi connectivity index (χ2v) is 4.85. The highest BCUT2D eigenvalue weighted by molar-refractivity contribution is 5.95. The van der Waals surface area contributed by atoms with Gasteiger partial charge in [-0.25, -0.2) is 9.18 Å². The van der Waals surface area contributed by atoms with Crippen LogP contribution in [0.3, 0.4) is 0 Å². The summed E-state index contributed by atoms with van der Waals surface area (Å²) in [4.78, 5) is 11.6. The number of aromatic nitrogens is 1. The number of benzene rings is 1. The molecule has 1 aromatic carbocycles. The van der Waals surface area contributed by atoms with Crippen molar-refractivity contribution in [3.63, 3.8) is 0 Å². The Kier molecular flexibility index (Phi) is 2.78. The summed E-state index contributed by atoms with van der Waals surface area (Å²) < 4.78 is 14.9. The van der Waals surface area contributed by atoms with Crippen LogP contribution in [0.1, 0.15) is 17.7 Å². The quantitative estimate of drug-likeness (QED) is 0.821. The number of primary amides is 1. The van der Waals surface area contributed by atoms with Crippen LogP contribution in [0.2, 0.25) is 0 Å². The molecule has 0 saturated carbocycles. The number of nitrogens with zero attached hydrogens (tertiary/aromatic N) is 1. The molecule has 4 nitrogen and oxygen atoms in total. The number of hydrogen-bond acceptors (Lipinski definition) is 2. The largest absolute Gasteiger partial charge is 0.396 e. The van der Waals surface area contributed by atoms with Gasteiger partial charge in [0, 0.05) is 23.6 Å². The molecule has 1 radical (unpaired) electrons. The number of aliphatic hydroxyl groups is 1. The standard InChI is InChI=1S/C14H14FN2O2/c15-9-2-4-13-11(6-9)10-5-8(7-18)1-3-12(10)17(13)14(16)19/h2,4,6,18H,1,3,5,7H2,(H2,16,19). The number of aliphatic hydroxyl groups excluding tert-OH is 1. The lowest BCUT2D eigenvalue weighted by Crippen LogP contribution is -2.24. The zero-order chi connectivity index (χ0) is 13.6. The van der Waals surface area contributed by atoms with Crippen LogP contribution in [0.5, 0.6) is 0 Å². The van der Waals surface area contributed by atoms with Crippen LogP contribution in [-0.4, -0.2) is 22.3 Å². The molecule has 3 N–H and O–H groups in total. The topological polar surface area (TPSA) is 68.2 Å². The van der Waals surface area contributed by atoms with Crippen molar-refractivity contribution >= 4 is 16.9 Å². The predicted octanol–water partition coefficient (Wildman–Crippen LogP) is 1.76. The number of carbonyl (C=O) groups is 1. The van der Waals surface area contributed by atoms with Crippen molar-refractivity contribution in [3.05, 3.63) is 41.2 Å². The maximum Gasteiger partial charge on any atom is 0.323 e. The molecule has 5 heteroatoms. The van der Waals surface area contributed by atoms with Crippen LogP contribution in [0.4, 0.5) is 9.18 Å². The minimum absolute atomic E-state index is 0.0258. The lowest BCUT2D eigenvalue weighted by molar-refractivity contribution is 0.250. The smallest absolute Gasteiger partial charge is 0.323 e. The van der Waals surface area contributed by atoms with E-state index in [9.17, 15) is 14.3 Å². The minimum Gasteiger partial charge on any atom is -0.396 e. The van der Waals surface area contributed by atoms with Gasteiger partial charge in [-0.1, -0.05) is 0 Å². The fourth-order valence-corrected chi connectivity index (χ4v) is 2.86. The van der Waals surface area contributed by atoms with Crippen LogP contribution in [0.15, 0.2) is 18.2 Å². The summed E-state index contributed by atoms with van der Waals surface area (Å²) in [5.74, 6) is 0.660. The third kappa shape index (κ3) is 1.81. The molecule has 1 heterocycles. The summed E-state index contributed by atoms with van der Waals surface area (Å²) in [5.41, 5.74) is 7.81.